The van der Waals surface area contributed by atoms with Crippen molar-refractivity contribution < 1.29 is 0 Å². The van der Waals surface area contributed by atoms with Gasteiger partial charge in [0.05, 0.1) is 0 Å². The molecule has 0 saturated carbocycles. The van der Waals surface area contributed by atoms with E-state index in [0.717, 1.165) is 13.1 Å². The Kier molecular flexibility index (Phi) is 6.07. The van der Waals surface area contributed by atoms with Gasteiger partial charge in [-0.3, -0.25) is 0 Å². The van der Waals surface area contributed by atoms with Gasteiger partial charge in [0.2, 0.25) is 0 Å². The van der Waals surface area contributed by atoms with E-state index in [1.807, 2.05) is 11.3 Å². The van der Waals surface area contributed by atoms with E-state index in [1.54, 1.807) is 0 Å². The van der Waals surface area contributed by atoms with Crippen molar-refractivity contribution in [3.63, 3.8) is 0 Å². The summed E-state index contributed by atoms with van der Waals surface area (Å²) in [5.74, 6) is 0. The van der Waals surface area contributed by atoms with E-state index < -0.39 is 0 Å². The molecule has 0 aliphatic heterocycles. The normalized spacial score (nSPS) is 11.9. The molecule has 1 nitrogen and oxygen atoms in total. The van der Waals surface area contributed by atoms with E-state index in [4.69, 9.17) is 0 Å². The van der Waals surface area contributed by atoms with Gasteiger partial charge in [-0.05, 0) is 49.1 Å². The van der Waals surface area contributed by atoms with Crippen LogP contribution in [0.25, 0.3) is 0 Å². The largest absolute Gasteiger partial charge is 0.316 e. The summed E-state index contributed by atoms with van der Waals surface area (Å²) in [4.78, 5) is 1.53. The van der Waals surface area contributed by atoms with Gasteiger partial charge in [-0.15, -0.1) is 11.3 Å². The van der Waals surface area contributed by atoms with Crippen LogP contribution in [0.15, 0.2) is 17.5 Å². The van der Waals surface area contributed by atoms with Crippen LogP contribution in [0, 0.1) is 5.41 Å². The van der Waals surface area contributed by atoms with Crippen molar-refractivity contribution in [2.24, 2.45) is 5.41 Å². The van der Waals surface area contributed by atoms with E-state index >= 15 is 0 Å². The van der Waals surface area contributed by atoms with Crippen LogP contribution in [0.2, 0.25) is 0 Å². The Morgan fingerprint density at radius 2 is 2.00 bits per heavy atom. The molecule has 2 heteroatoms. The topological polar surface area (TPSA) is 12.0 Å². The number of thiophene rings is 1. The van der Waals surface area contributed by atoms with Crippen LogP contribution in [0.4, 0.5) is 0 Å². The maximum Gasteiger partial charge on any atom is 0.00512 e. The first-order valence-corrected chi connectivity index (χ1v) is 7.37. The second-order valence-electron chi connectivity index (χ2n) is 4.64. The Balaban J connectivity index is 2.56. The van der Waals surface area contributed by atoms with Gasteiger partial charge >= 0.3 is 0 Å². The van der Waals surface area contributed by atoms with Crippen LogP contribution < -0.4 is 5.32 Å². The molecule has 0 unspecified atom stereocenters. The lowest BCUT2D eigenvalue weighted by Gasteiger charge is -2.31. The molecule has 0 aromatic carbocycles. The first-order valence-electron chi connectivity index (χ1n) is 6.49. The molecule has 1 N–H and O–H groups in total. The highest BCUT2D eigenvalue weighted by atomic mass is 32.1. The Hall–Kier alpha value is -0.340. The van der Waals surface area contributed by atoms with Crippen molar-refractivity contribution in [1.82, 2.24) is 5.32 Å². The van der Waals surface area contributed by atoms with Crippen LogP contribution in [-0.4, -0.2) is 13.1 Å². The summed E-state index contributed by atoms with van der Waals surface area (Å²) < 4.78 is 0. The summed E-state index contributed by atoms with van der Waals surface area (Å²) in [6.45, 7) is 9.18. The van der Waals surface area contributed by atoms with E-state index in [1.165, 1.54) is 30.6 Å². The second kappa shape index (κ2) is 7.08. The smallest absolute Gasteiger partial charge is 0.00512 e. The number of hydrogen-bond donors (Lipinski definition) is 1. The summed E-state index contributed by atoms with van der Waals surface area (Å²) >= 11 is 1.89. The predicted octanol–water partition coefficient (Wildman–Crippen LogP) is 4.10. The zero-order chi connectivity index (χ0) is 11.9. The lowest BCUT2D eigenvalue weighted by molar-refractivity contribution is 0.248. The molecule has 0 aliphatic carbocycles. The Labute approximate surface area is 104 Å². The van der Waals surface area contributed by atoms with Crippen LogP contribution in [0.1, 0.15) is 44.9 Å². The molecule has 0 spiro atoms. The zero-order valence-corrected chi connectivity index (χ0v) is 11.7. The standard InChI is InChI=1S/C14H25NS/c1-4-9-15-12-14(5-2,6-3)11-13-8-7-10-16-13/h7-8,10,15H,4-6,9,11-12H2,1-3H3. The first-order chi connectivity index (χ1) is 7.76. The van der Waals surface area contributed by atoms with Crippen molar-refractivity contribution >= 4 is 11.3 Å². The first kappa shape index (κ1) is 13.7. The molecule has 0 atom stereocenters. The van der Waals surface area contributed by atoms with Gasteiger partial charge in [0.15, 0.2) is 0 Å². The minimum Gasteiger partial charge on any atom is -0.316 e. The molecule has 0 saturated heterocycles. The molecule has 1 aromatic heterocycles. The van der Waals surface area contributed by atoms with E-state index in [2.05, 4.69) is 43.6 Å². The molecular formula is C14H25NS. The van der Waals surface area contributed by atoms with Gasteiger partial charge in [0.1, 0.15) is 0 Å². The van der Waals surface area contributed by atoms with Crippen molar-refractivity contribution in [2.75, 3.05) is 13.1 Å². The Bertz CT molecular complexity index is 262. The molecule has 0 aliphatic rings. The van der Waals surface area contributed by atoms with E-state index in [0.29, 0.717) is 5.41 Å². The van der Waals surface area contributed by atoms with Gasteiger partial charge in [-0.25, -0.2) is 0 Å². The molecule has 92 valence electrons. The maximum atomic E-state index is 3.59. The molecule has 0 bridgehead atoms. The molecule has 1 rings (SSSR count). The summed E-state index contributed by atoms with van der Waals surface area (Å²) in [6, 6.07) is 4.43. The number of nitrogens with one attached hydrogen (secondary N) is 1. The second-order valence-corrected chi connectivity index (χ2v) is 5.67. The van der Waals surface area contributed by atoms with Gasteiger partial charge in [-0.2, -0.15) is 0 Å². The van der Waals surface area contributed by atoms with Crippen molar-refractivity contribution in [3.8, 4) is 0 Å². The Morgan fingerprint density at radius 1 is 1.25 bits per heavy atom. The third-order valence-electron chi connectivity index (χ3n) is 3.56. The fraction of sp³-hybridized carbons (Fsp3) is 0.714. The van der Waals surface area contributed by atoms with Crippen molar-refractivity contribution in [1.29, 1.82) is 0 Å². The monoisotopic (exact) mass is 239 g/mol. The third-order valence-corrected chi connectivity index (χ3v) is 4.43. The predicted molar refractivity (Wildman–Crippen MR) is 74.2 cm³/mol. The molecular weight excluding hydrogens is 214 g/mol. The van der Waals surface area contributed by atoms with Crippen LogP contribution in [0.3, 0.4) is 0 Å². The van der Waals surface area contributed by atoms with Gasteiger partial charge in [0, 0.05) is 11.4 Å². The summed E-state index contributed by atoms with van der Waals surface area (Å²) in [7, 11) is 0. The quantitative estimate of drug-likeness (QED) is 0.674. The average molecular weight is 239 g/mol. The van der Waals surface area contributed by atoms with Crippen LogP contribution >= 0.6 is 11.3 Å². The van der Waals surface area contributed by atoms with Crippen molar-refractivity contribution in [3.05, 3.63) is 22.4 Å². The number of rotatable bonds is 8. The third kappa shape index (κ3) is 3.91. The minimum atomic E-state index is 0.458. The fourth-order valence-electron chi connectivity index (χ4n) is 2.13. The zero-order valence-electron chi connectivity index (χ0n) is 10.9. The highest BCUT2D eigenvalue weighted by Crippen LogP contribution is 2.31. The summed E-state index contributed by atoms with van der Waals surface area (Å²) in [5.41, 5.74) is 0.458. The average Bonchev–Trinajstić information content (AvgIpc) is 2.81. The lowest BCUT2D eigenvalue weighted by Crippen LogP contribution is -2.35. The number of hydrogen-bond acceptors (Lipinski definition) is 2. The van der Waals surface area contributed by atoms with Crippen LogP contribution in [-0.2, 0) is 6.42 Å². The lowest BCUT2D eigenvalue weighted by atomic mass is 9.78. The van der Waals surface area contributed by atoms with Gasteiger partial charge < -0.3 is 5.32 Å². The maximum absolute atomic E-state index is 3.59. The minimum absolute atomic E-state index is 0.458. The van der Waals surface area contributed by atoms with E-state index in [9.17, 15) is 0 Å². The molecule has 0 radical (unpaired) electrons. The molecule has 1 heterocycles. The molecule has 1 aromatic rings. The van der Waals surface area contributed by atoms with E-state index in [-0.39, 0.29) is 0 Å². The van der Waals surface area contributed by atoms with Crippen molar-refractivity contribution in [2.45, 2.75) is 46.5 Å². The molecule has 0 fully saturated rings. The van der Waals surface area contributed by atoms with Gasteiger partial charge in [-0.1, -0.05) is 26.8 Å². The Morgan fingerprint density at radius 3 is 2.50 bits per heavy atom. The molecule has 0 amide bonds. The van der Waals surface area contributed by atoms with Crippen LogP contribution in [0.5, 0.6) is 0 Å². The summed E-state index contributed by atoms with van der Waals surface area (Å²) in [5, 5.41) is 5.78. The highest BCUT2D eigenvalue weighted by molar-refractivity contribution is 7.09. The fourth-order valence-corrected chi connectivity index (χ4v) is 3.00. The van der Waals surface area contributed by atoms with Gasteiger partial charge in [0.25, 0.3) is 0 Å². The molecule has 16 heavy (non-hydrogen) atoms. The summed E-state index contributed by atoms with van der Waals surface area (Å²) in [6.07, 6.45) is 4.98. The SMILES string of the molecule is CCCNCC(CC)(CC)Cc1cccs1. The highest BCUT2D eigenvalue weighted by Gasteiger charge is 2.26.